The van der Waals surface area contributed by atoms with Crippen molar-refractivity contribution in [1.29, 1.82) is 0 Å². The molecule has 0 spiro atoms. The molecule has 0 radical (unpaired) electrons. The van der Waals surface area contributed by atoms with Crippen LogP contribution in [0.2, 0.25) is 0 Å². The van der Waals surface area contributed by atoms with Gasteiger partial charge in [-0.05, 0) is 29.8 Å². The Morgan fingerprint density at radius 3 is 2.80 bits per heavy atom. The van der Waals surface area contributed by atoms with Crippen LogP contribution < -0.4 is 5.90 Å². The zero-order valence-electron chi connectivity index (χ0n) is 7.60. The molecular formula is C9H8BrNO3S. The molecule has 0 aliphatic carbocycles. The molecule has 0 saturated heterocycles. The van der Waals surface area contributed by atoms with Crippen LogP contribution >= 0.6 is 15.9 Å². The van der Waals surface area contributed by atoms with E-state index in [0.717, 1.165) is 4.47 Å². The summed E-state index contributed by atoms with van der Waals surface area (Å²) in [6.45, 7) is -0.103. The molecule has 80 valence electrons. The summed E-state index contributed by atoms with van der Waals surface area (Å²) in [5.41, 5.74) is 0.663. The average Bonchev–Trinajstić information content (AvgIpc) is 2.39. The van der Waals surface area contributed by atoms with Crippen molar-refractivity contribution in [1.82, 2.24) is 0 Å². The number of halogens is 1. The summed E-state index contributed by atoms with van der Waals surface area (Å²) >= 11 is 3.28. The van der Waals surface area contributed by atoms with Crippen molar-refractivity contribution < 1.29 is 13.3 Å². The van der Waals surface area contributed by atoms with E-state index >= 15 is 0 Å². The van der Waals surface area contributed by atoms with E-state index < -0.39 is 9.84 Å². The molecular weight excluding hydrogens is 282 g/mol. The van der Waals surface area contributed by atoms with Crippen LogP contribution in [0.15, 0.2) is 32.5 Å². The molecule has 1 heterocycles. The summed E-state index contributed by atoms with van der Waals surface area (Å²) in [5.74, 6) is 4.88. The number of rotatable bonds is 2. The summed E-state index contributed by atoms with van der Waals surface area (Å²) in [5, 5.41) is 0. The highest BCUT2D eigenvalue weighted by atomic mass is 79.9. The van der Waals surface area contributed by atoms with E-state index in [0.29, 0.717) is 10.5 Å². The second kappa shape index (κ2) is 3.71. The van der Waals surface area contributed by atoms with E-state index in [2.05, 4.69) is 20.8 Å². The Morgan fingerprint density at radius 2 is 2.13 bits per heavy atom. The van der Waals surface area contributed by atoms with E-state index in [4.69, 9.17) is 5.90 Å². The molecule has 15 heavy (non-hydrogen) atoms. The van der Waals surface area contributed by atoms with Gasteiger partial charge in [-0.25, -0.2) is 14.3 Å². The van der Waals surface area contributed by atoms with Gasteiger partial charge in [0.1, 0.15) is 6.61 Å². The summed E-state index contributed by atoms with van der Waals surface area (Å²) in [7, 11) is -3.39. The lowest BCUT2D eigenvalue weighted by molar-refractivity contribution is 0.166. The van der Waals surface area contributed by atoms with Crippen molar-refractivity contribution in [2.75, 3.05) is 6.61 Å². The Balaban J connectivity index is 2.58. The molecule has 6 heteroatoms. The highest BCUT2D eigenvalue weighted by molar-refractivity contribution is 9.10. The molecule has 1 aliphatic rings. The Hall–Kier alpha value is -0.690. The number of sulfone groups is 1. The van der Waals surface area contributed by atoms with Crippen LogP contribution in [0, 0.1) is 0 Å². The third-order valence-corrected chi connectivity index (χ3v) is 4.52. The van der Waals surface area contributed by atoms with E-state index in [1.807, 2.05) is 0 Å². The normalized spacial score (nSPS) is 17.3. The first-order valence-corrected chi connectivity index (χ1v) is 6.40. The van der Waals surface area contributed by atoms with Gasteiger partial charge in [0, 0.05) is 4.47 Å². The Kier molecular flexibility index (Phi) is 2.68. The predicted molar refractivity (Wildman–Crippen MR) is 59.4 cm³/mol. The predicted octanol–water partition coefficient (Wildman–Crippen LogP) is 1.47. The van der Waals surface area contributed by atoms with Crippen molar-refractivity contribution in [3.63, 3.8) is 0 Å². The summed E-state index contributed by atoms with van der Waals surface area (Å²) in [6, 6.07) is 5.00. The largest absolute Gasteiger partial charge is 0.299 e. The molecule has 2 N–H and O–H groups in total. The minimum Gasteiger partial charge on any atom is -0.299 e. The third-order valence-electron chi connectivity index (χ3n) is 2.15. The molecule has 0 atom stereocenters. The van der Waals surface area contributed by atoms with Crippen molar-refractivity contribution in [2.45, 2.75) is 4.90 Å². The van der Waals surface area contributed by atoms with Crippen molar-refractivity contribution >= 4 is 31.8 Å². The van der Waals surface area contributed by atoms with Crippen LogP contribution in [-0.2, 0) is 14.7 Å². The second-order valence-electron chi connectivity index (χ2n) is 3.11. The minimum absolute atomic E-state index is 0.103. The van der Waals surface area contributed by atoms with E-state index in [-0.39, 0.29) is 11.5 Å². The topological polar surface area (TPSA) is 69.4 Å². The van der Waals surface area contributed by atoms with Crippen molar-refractivity contribution in [3.05, 3.63) is 33.1 Å². The number of fused-ring (bicyclic) bond motifs is 1. The number of hydrogen-bond donors (Lipinski definition) is 1. The average molecular weight is 290 g/mol. The lowest BCUT2D eigenvalue weighted by Gasteiger charge is -2.01. The first-order valence-electron chi connectivity index (χ1n) is 4.12. The molecule has 0 aromatic heterocycles. The smallest absolute Gasteiger partial charge is 0.205 e. The van der Waals surface area contributed by atoms with Gasteiger partial charge >= 0.3 is 0 Å². The maximum Gasteiger partial charge on any atom is 0.205 e. The maximum absolute atomic E-state index is 11.9. The SMILES string of the molecule is NOCC1=Cc2cc(Br)ccc2S1(=O)=O. The Bertz CT molecular complexity index is 536. The summed E-state index contributed by atoms with van der Waals surface area (Å²) in [4.78, 5) is 4.86. The third kappa shape index (κ3) is 1.74. The fourth-order valence-electron chi connectivity index (χ4n) is 1.47. The van der Waals surface area contributed by atoms with Crippen molar-refractivity contribution in [2.24, 2.45) is 5.90 Å². The number of nitrogens with two attached hydrogens (primary N) is 1. The lowest BCUT2D eigenvalue weighted by atomic mass is 10.2. The molecule has 2 rings (SSSR count). The highest BCUT2D eigenvalue weighted by Gasteiger charge is 2.29. The summed E-state index contributed by atoms with van der Waals surface area (Å²) in [6.07, 6.45) is 1.57. The van der Waals surface area contributed by atoms with Crippen molar-refractivity contribution in [3.8, 4) is 0 Å². The van der Waals surface area contributed by atoms with Crippen LogP contribution in [-0.4, -0.2) is 15.0 Å². The first kappa shape index (κ1) is 10.8. The Morgan fingerprint density at radius 1 is 1.40 bits per heavy atom. The standard InChI is InChI=1S/C9H8BrNO3S/c10-7-1-2-9-6(3-7)4-8(5-14-11)15(9,12)13/h1-4H,5,11H2. The molecule has 4 nitrogen and oxygen atoms in total. The number of benzene rings is 1. The molecule has 1 aromatic carbocycles. The monoisotopic (exact) mass is 289 g/mol. The molecule has 0 bridgehead atoms. The van der Waals surface area contributed by atoms with Crippen LogP contribution in [0.5, 0.6) is 0 Å². The molecule has 1 aliphatic heterocycles. The van der Waals surface area contributed by atoms with Gasteiger partial charge in [-0.1, -0.05) is 15.9 Å². The minimum atomic E-state index is -3.39. The van der Waals surface area contributed by atoms with Crippen LogP contribution in [0.1, 0.15) is 5.56 Å². The van der Waals surface area contributed by atoms with Crippen LogP contribution in [0.25, 0.3) is 6.08 Å². The van der Waals surface area contributed by atoms with Gasteiger partial charge in [0.05, 0.1) is 9.80 Å². The molecule has 0 saturated carbocycles. The summed E-state index contributed by atoms with van der Waals surface area (Å²) < 4.78 is 24.6. The van der Waals surface area contributed by atoms with Gasteiger partial charge in [-0.2, -0.15) is 0 Å². The van der Waals surface area contributed by atoms with Gasteiger partial charge in [0.2, 0.25) is 9.84 Å². The second-order valence-corrected chi connectivity index (χ2v) is 5.99. The zero-order valence-corrected chi connectivity index (χ0v) is 10.0. The lowest BCUT2D eigenvalue weighted by Crippen LogP contribution is -2.09. The van der Waals surface area contributed by atoms with Gasteiger partial charge in [-0.15, -0.1) is 0 Å². The maximum atomic E-state index is 11.9. The highest BCUT2D eigenvalue weighted by Crippen LogP contribution is 2.34. The van der Waals surface area contributed by atoms with E-state index in [1.165, 1.54) is 0 Å². The van der Waals surface area contributed by atoms with Gasteiger partial charge < -0.3 is 0 Å². The van der Waals surface area contributed by atoms with Gasteiger partial charge in [0.25, 0.3) is 0 Å². The van der Waals surface area contributed by atoms with Gasteiger partial charge in [-0.3, -0.25) is 4.84 Å². The first-order chi connectivity index (χ1) is 7.05. The van der Waals surface area contributed by atoms with Gasteiger partial charge in [0.15, 0.2) is 0 Å². The van der Waals surface area contributed by atoms with E-state index in [1.54, 1.807) is 24.3 Å². The fourth-order valence-corrected chi connectivity index (χ4v) is 3.31. The van der Waals surface area contributed by atoms with Crippen LogP contribution in [0.4, 0.5) is 0 Å². The quantitative estimate of drug-likeness (QED) is 0.837. The van der Waals surface area contributed by atoms with E-state index in [9.17, 15) is 8.42 Å². The Labute approximate surface area is 95.7 Å². The molecule has 0 fully saturated rings. The zero-order chi connectivity index (χ0) is 11.1. The molecule has 0 unspecified atom stereocenters. The fraction of sp³-hybridized carbons (Fsp3) is 0.111. The molecule has 1 aromatic rings. The van der Waals surface area contributed by atoms with Crippen LogP contribution in [0.3, 0.4) is 0 Å². The number of hydrogen-bond acceptors (Lipinski definition) is 4. The molecule has 0 amide bonds.